The van der Waals surface area contributed by atoms with E-state index in [0.29, 0.717) is 29.3 Å². The number of benzene rings is 1. The second-order valence-corrected chi connectivity index (χ2v) is 9.78. The summed E-state index contributed by atoms with van der Waals surface area (Å²) in [5.74, 6) is 0.350. The van der Waals surface area contributed by atoms with E-state index in [1.165, 1.54) is 48.5 Å². The largest absolute Gasteiger partial charge is 0.481 e. The molecule has 0 unspecified atom stereocenters. The number of nitrogens with two attached hydrogens (primary N) is 1. The Kier molecular flexibility index (Phi) is 5.60. The van der Waals surface area contributed by atoms with Crippen LogP contribution in [0.5, 0.6) is 0 Å². The molecule has 2 heterocycles. The number of nitrogen functional groups attached to an aromatic ring is 1. The standard InChI is InChI=1S/C25H29N5O3/c26-22-21-23(28-14-27-22)29-15-30(24(21)33)19-3-1-17(2-4-19)18-7-11-25(12-8-18)9-5-16(6-10-25)13-20(31)32/h1-4,14-16,18H,5-13H2,(H,31,32)(H2,26,27,28). The molecule has 3 aromatic rings. The normalized spacial score (nSPS) is 25.3. The molecule has 0 saturated heterocycles. The van der Waals surface area contributed by atoms with Crippen LogP contribution in [-0.4, -0.2) is 30.6 Å². The van der Waals surface area contributed by atoms with Gasteiger partial charge >= 0.3 is 5.97 Å². The monoisotopic (exact) mass is 447 g/mol. The van der Waals surface area contributed by atoms with Crippen LogP contribution >= 0.6 is 0 Å². The van der Waals surface area contributed by atoms with E-state index in [0.717, 1.165) is 31.4 Å². The predicted molar refractivity (Wildman–Crippen MR) is 125 cm³/mol. The Hall–Kier alpha value is -3.29. The van der Waals surface area contributed by atoms with E-state index in [4.69, 9.17) is 10.8 Å². The van der Waals surface area contributed by atoms with Crippen LogP contribution in [0, 0.1) is 11.3 Å². The Labute approximate surface area is 191 Å². The number of fused-ring (bicyclic) bond motifs is 1. The van der Waals surface area contributed by atoms with E-state index in [9.17, 15) is 9.59 Å². The minimum atomic E-state index is -0.665. The highest BCUT2D eigenvalue weighted by atomic mass is 16.4. The van der Waals surface area contributed by atoms with Gasteiger partial charge in [-0.05, 0) is 86.3 Å². The van der Waals surface area contributed by atoms with Gasteiger partial charge in [0.05, 0.1) is 5.69 Å². The summed E-state index contributed by atoms with van der Waals surface area (Å²) < 4.78 is 1.48. The van der Waals surface area contributed by atoms with Gasteiger partial charge in [0.15, 0.2) is 5.65 Å². The van der Waals surface area contributed by atoms with Gasteiger partial charge < -0.3 is 10.8 Å². The molecular weight excluding hydrogens is 418 g/mol. The lowest BCUT2D eigenvalue weighted by Gasteiger charge is -2.45. The van der Waals surface area contributed by atoms with E-state index in [2.05, 4.69) is 27.1 Å². The quantitative estimate of drug-likeness (QED) is 0.618. The molecule has 0 radical (unpaired) electrons. The maximum absolute atomic E-state index is 12.9. The summed E-state index contributed by atoms with van der Waals surface area (Å²) in [6.07, 6.45) is 12.3. The van der Waals surface area contributed by atoms with Crippen molar-refractivity contribution in [3.63, 3.8) is 0 Å². The molecule has 0 amide bonds. The molecule has 33 heavy (non-hydrogen) atoms. The molecule has 172 valence electrons. The molecule has 8 heteroatoms. The van der Waals surface area contributed by atoms with Crippen molar-refractivity contribution in [3.8, 4) is 5.69 Å². The lowest BCUT2D eigenvalue weighted by molar-refractivity contribution is -0.138. The zero-order valence-corrected chi connectivity index (χ0v) is 18.6. The highest BCUT2D eigenvalue weighted by Gasteiger charge is 2.39. The van der Waals surface area contributed by atoms with Gasteiger partial charge in [0.2, 0.25) is 0 Å². The number of aromatic nitrogens is 4. The van der Waals surface area contributed by atoms with Crippen molar-refractivity contribution in [1.29, 1.82) is 0 Å². The van der Waals surface area contributed by atoms with Gasteiger partial charge in [-0.25, -0.2) is 15.0 Å². The molecule has 1 aromatic carbocycles. The average Bonchev–Trinajstić information content (AvgIpc) is 2.82. The molecule has 3 N–H and O–H groups in total. The second kappa shape index (κ2) is 8.57. The molecule has 1 spiro atoms. The number of carboxylic acid groups (broad SMARTS) is 1. The minimum Gasteiger partial charge on any atom is -0.481 e. The number of rotatable bonds is 4. The molecule has 2 aliphatic carbocycles. The summed E-state index contributed by atoms with van der Waals surface area (Å²) in [6.45, 7) is 0. The third-order valence-corrected chi connectivity index (χ3v) is 7.90. The third kappa shape index (κ3) is 4.21. The fourth-order valence-electron chi connectivity index (χ4n) is 5.87. The molecule has 0 aliphatic heterocycles. The van der Waals surface area contributed by atoms with Crippen molar-refractivity contribution in [2.75, 3.05) is 5.73 Å². The Morgan fingerprint density at radius 3 is 2.36 bits per heavy atom. The van der Waals surface area contributed by atoms with Gasteiger partial charge in [-0.2, -0.15) is 0 Å². The van der Waals surface area contributed by atoms with Crippen LogP contribution in [-0.2, 0) is 4.79 Å². The topological polar surface area (TPSA) is 124 Å². The van der Waals surface area contributed by atoms with E-state index < -0.39 is 5.97 Å². The summed E-state index contributed by atoms with van der Waals surface area (Å²) in [5, 5.41) is 9.30. The molecule has 2 saturated carbocycles. The van der Waals surface area contributed by atoms with Crippen LogP contribution in [0.15, 0.2) is 41.7 Å². The zero-order valence-electron chi connectivity index (χ0n) is 18.6. The van der Waals surface area contributed by atoms with E-state index in [1.807, 2.05) is 12.1 Å². The van der Waals surface area contributed by atoms with Crippen molar-refractivity contribution in [3.05, 3.63) is 52.8 Å². The number of aliphatic carboxylic acids is 1. The smallest absolute Gasteiger partial charge is 0.303 e. The van der Waals surface area contributed by atoms with Gasteiger partial charge in [0, 0.05) is 6.42 Å². The van der Waals surface area contributed by atoms with Gasteiger partial charge in [-0.3, -0.25) is 14.2 Å². The number of hydrogen-bond donors (Lipinski definition) is 2. The summed E-state index contributed by atoms with van der Waals surface area (Å²) in [5.41, 5.74) is 8.37. The van der Waals surface area contributed by atoms with Crippen molar-refractivity contribution in [2.45, 2.75) is 63.7 Å². The van der Waals surface area contributed by atoms with Crippen molar-refractivity contribution < 1.29 is 9.90 Å². The van der Waals surface area contributed by atoms with Crippen LogP contribution in [0.1, 0.15) is 69.3 Å². The first kappa shape index (κ1) is 21.6. The highest BCUT2D eigenvalue weighted by Crippen LogP contribution is 2.52. The lowest BCUT2D eigenvalue weighted by Crippen LogP contribution is -2.32. The van der Waals surface area contributed by atoms with Crippen LogP contribution < -0.4 is 11.3 Å². The van der Waals surface area contributed by atoms with Gasteiger partial charge in [-0.1, -0.05) is 12.1 Å². The summed E-state index contributed by atoms with van der Waals surface area (Å²) in [6, 6.07) is 8.16. The molecule has 2 aromatic heterocycles. The van der Waals surface area contributed by atoms with Crippen LogP contribution in [0.25, 0.3) is 16.7 Å². The summed E-state index contributed by atoms with van der Waals surface area (Å²) >= 11 is 0. The molecule has 5 rings (SSSR count). The van der Waals surface area contributed by atoms with Crippen LogP contribution in [0.4, 0.5) is 5.82 Å². The first-order chi connectivity index (χ1) is 15.9. The summed E-state index contributed by atoms with van der Waals surface area (Å²) in [7, 11) is 0. The maximum atomic E-state index is 12.9. The van der Waals surface area contributed by atoms with E-state index in [-0.39, 0.29) is 16.8 Å². The molecule has 2 aliphatic rings. The van der Waals surface area contributed by atoms with Crippen molar-refractivity contribution in [1.82, 2.24) is 19.5 Å². The molecular formula is C25H29N5O3. The first-order valence-electron chi connectivity index (χ1n) is 11.7. The second-order valence-electron chi connectivity index (χ2n) is 9.78. The average molecular weight is 448 g/mol. The predicted octanol–water partition coefficient (Wildman–Crippen LogP) is 4.07. The molecule has 0 bridgehead atoms. The van der Waals surface area contributed by atoms with Crippen LogP contribution in [0.3, 0.4) is 0 Å². The van der Waals surface area contributed by atoms with Gasteiger partial charge in [0.1, 0.15) is 23.9 Å². The fraction of sp³-hybridized carbons (Fsp3) is 0.480. The molecule has 0 atom stereocenters. The van der Waals surface area contributed by atoms with E-state index in [1.54, 1.807) is 0 Å². The van der Waals surface area contributed by atoms with Crippen LogP contribution in [0.2, 0.25) is 0 Å². The Balaban J connectivity index is 1.27. The zero-order chi connectivity index (χ0) is 23.0. The van der Waals surface area contributed by atoms with E-state index >= 15 is 0 Å². The number of hydrogen-bond acceptors (Lipinski definition) is 6. The fourth-order valence-corrected chi connectivity index (χ4v) is 5.87. The maximum Gasteiger partial charge on any atom is 0.303 e. The number of nitrogens with zero attached hydrogens (tertiary/aromatic N) is 4. The molecule has 8 nitrogen and oxygen atoms in total. The number of carbonyl (C=O) groups is 1. The van der Waals surface area contributed by atoms with Gasteiger partial charge in [-0.15, -0.1) is 0 Å². The lowest BCUT2D eigenvalue weighted by atomic mass is 9.60. The Bertz CT molecular complexity index is 1220. The third-order valence-electron chi connectivity index (χ3n) is 7.90. The Morgan fingerprint density at radius 1 is 1.03 bits per heavy atom. The Morgan fingerprint density at radius 2 is 1.70 bits per heavy atom. The molecule has 2 fully saturated rings. The summed E-state index contributed by atoms with van der Waals surface area (Å²) in [4.78, 5) is 36.1. The van der Waals surface area contributed by atoms with Crippen molar-refractivity contribution >= 4 is 22.8 Å². The number of carboxylic acids is 1. The van der Waals surface area contributed by atoms with Gasteiger partial charge in [0.25, 0.3) is 5.56 Å². The van der Waals surface area contributed by atoms with Crippen molar-refractivity contribution in [2.24, 2.45) is 11.3 Å². The number of anilines is 1. The first-order valence-corrected chi connectivity index (χ1v) is 11.7. The SMILES string of the molecule is Nc1ncnc2ncn(-c3ccc(C4CCC5(CCC(CC(=O)O)CC5)CC4)cc3)c(=O)c12. The minimum absolute atomic E-state index is 0.136. The highest BCUT2D eigenvalue weighted by molar-refractivity contribution is 5.83.